The van der Waals surface area contributed by atoms with E-state index in [2.05, 4.69) is 4.74 Å². The van der Waals surface area contributed by atoms with Crippen molar-refractivity contribution in [1.29, 1.82) is 0 Å². The Morgan fingerprint density at radius 1 is 1.00 bits per heavy atom. The number of hydrogen-bond donors (Lipinski definition) is 0. The third-order valence-corrected chi connectivity index (χ3v) is 2.42. The summed E-state index contributed by atoms with van der Waals surface area (Å²) in [5, 5.41) is 0. The number of ether oxygens (including phenoxy) is 1. The minimum Gasteiger partial charge on any atom is -0.496 e. The van der Waals surface area contributed by atoms with Gasteiger partial charge in [-0.15, -0.1) is 0 Å². The first kappa shape index (κ1) is 14.7. The molecule has 0 saturated heterocycles. The van der Waals surface area contributed by atoms with Crippen LogP contribution in [0.3, 0.4) is 0 Å². The van der Waals surface area contributed by atoms with Gasteiger partial charge in [0.2, 0.25) is 0 Å². The molecule has 0 atom stereocenters. The van der Waals surface area contributed by atoms with E-state index in [9.17, 15) is 26.3 Å². The molecule has 0 amide bonds. The van der Waals surface area contributed by atoms with Crippen LogP contribution in [0, 0.1) is 0 Å². The Morgan fingerprint density at radius 2 is 1.56 bits per heavy atom. The van der Waals surface area contributed by atoms with Crippen molar-refractivity contribution in [1.82, 2.24) is 0 Å². The Bertz CT molecular complexity index is 432. The summed E-state index contributed by atoms with van der Waals surface area (Å²) < 4.78 is 80.2. The average Bonchev–Trinajstić information content (AvgIpc) is 2.24. The van der Waals surface area contributed by atoms with Gasteiger partial charge in [-0.3, -0.25) is 0 Å². The number of methoxy groups -OCH3 is 1. The van der Waals surface area contributed by atoms with Crippen LogP contribution in [0.5, 0.6) is 5.75 Å². The summed E-state index contributed by atoms with van der Waals surface area (Å²) in [5.41, 5.74) is -2.96. The first-order valence-corrected chi connectivity index (χ1v) is 4.96. The number of benzene rings is 1. The maximum atomic E-state index is 12.7. The largest absolute Gasteiger partial charge is 0.496 e. The van der Waals surface area contributed by atoms with Crippen LogP contribution >= 0.6 is 0 Å². The molecule has 0 spiro atoms. The quantitative estimate of drug-likeness (QED) is 0.729. The van der Waals surface area contributed by atoms with E-state index in [0.717, 1.165) is 7.11 Å². The highest BCUT2D eigenvalue weighted by molar-refractivity contribution is 5.46. The first-order valence-electron chi connectivity index (χ1n) is 4.96. The Balaban J connectivity index is 3.57. The highest BCUT2D eigenvalue weighted by Crippen LogP contribution is 2.41. The van der Waals surface area contributed by atoms with E-state index in [4.69, 9.17) is 0 Å². The number of alkyl halides is 6. The third kappa shape index (κ3) is 2.88. The second-order valence-electron chi connectivity index (χ2n) is 3.55. The van der Waals surface area contributed by atoms with Crippen LogP contribution in [0.4, 0.5) is 26.3 Å². The van der Waals surface area contributed by atoms with Gasteiger partial charge in [0, 0.05) is 5.56 Å². The van der Waals surface area contributed by atoms with Gasteiger partial charge in [-0.05, 0) is 18.6 Å². The molecule has 0 N–H and O–H groups in total. The highest BCUT2D eigenvalue weighted by Gasteiger charge is 2.39. The van der Waals surface area contributed by atoms with E-state index < -0.39 is 29.2 Å². The van der Waals surface area contributed by atoms with Crippen LogP contribution < -0.4 is 4.74 Å². The second-order valence-corrected chi connectivity index (χ2v) is 3.55. The summed E-state index contributed by atoms with van der Waals surface area (Å²) in [7, 11) is 1.04. The monoisotopic (exact) mass is 272 g/mol. The summed E-state index contributed by atoms with van der Waals surface area (Å²) >= 11 is 0. The number of hydrogen-bond acceptors (Lipinski definition) is 1. The smallest absolute Gasteiger partial charge is 0.416 e. The van der Waals surface area contributed by atoms with Crippen molar-refractivity contribution in [2.24, 2.45) is 0 Å². The Morgan fingerprint density at radius 3 is 1.89 bits per heavy atom. The molecule has 1 nitrogen and oxygen atoms in total. The maximum absolute atomic E-state index is 12.7. The molecular weight excluding hydrogens is 262 g/mol. The predicted octanol–water partition coefficient (Wildman–Crippen LogP) is 4.30. The summed E-state index contributed by atoms with van der Waals surface area (Å²) in [5.74, 6) is -0.403. The van der Waals surface area contributed by atoms with Crippen molar-refractivity contribution in [3.8, 4) is 5.75 Å². The fourth-order valence-corrected chi connectivity index (χ4v) is 1.61. The van der Waals surface area contributed by atoms with Gasteiger partial charge in [0.15, 0.2) is 0 Å². The molecule has 0 aliphatic heterocycles. The Hall–Kier alpha value is -1.40. The Kier molecular flexibility index (Phi) is 3.83. The lowest BCUT2D eigenvalue weighted by Gasteiger charge is -2.18. The van der Waals surface area contributed by atoms with Crippen LogP contribution in [0.15, 0.2) is 12.1 Å². The summed E-state index contributed by atoms with van der Waals surface area (Å²) in [4.78, 5) is 0. The molecule has 0 aliphatic rings. The molecule has 1 aromatic carbocycles. The second kappa shape index (κ2) is 4.70. The van der Waals surface area contributed by atoms with Crippen LogP contribution in [-0.2, 0) is 18.8 Å². The van der Waals surface area contributed by atoms with Crippen molar-refractivity contribution in [3.63, 3.8) is 0 Å². The first-order chi connectivity index (χ1) is 8.11. The van der Waals surface area contributed by atoms with E-state index in [0.29, 0.717) is 6.07 Å². The van der Waals surface area contributed by atoms with Gasteiger partial charge in [0.25, 0.3) is 0 Å². The van der Waals surface area contributed by atoms with Gasteiger partial charge in [-0.25, -0.2) is 0 Å². The van der Waals surface area contributed by atoms with Crippen molar-refractivity contribution < 1.29 is 31.1 Å². The van der Waals surface area contributed by atoms with Gasteiger partial charge in [0.1, 0.15) is 5.75 Å². The predicted molar refractivity (Wildman–Crippen MR) is 52.4 cm³/mol. The third-order valence-electron chi connectivity index (χ3n) is 2.42. The van der Waals surface area contributed by atoms with E-state index in [1.807, 2.05) is 0 Å². The maximum Gasteiger partial charge on any atom is 0.416 e. The molecule has 0 heterocycles. The molecule has 7 heteroatoms. The molecule has 0 unspecified atom stereocenters. The fraction of sp³-hybridized carbons (Fsp3) is 0.455. The van der Waals surface area contributed by atoms with Crippen molar-refractivity contribution in [2.45, 2.75) is 25.7 Å². The molecule has 1 aromatic rings. The topological polar surface area (TPSA) is 9.23 Å². The molecule has 18 heavy (non-hydrogen) atoms. The number of halogens is 6. The summed E-state index contributed by atoms with van der Waals surface area (Å²) in [6.07, 6.45) is -9.77. The van der Waals surface area contributed by atoms with E-state index in [1.54, 1.807) is 0 Å². The standard InChI is InChI=1S/C11H10F6O/c1-3-7-8(11(15,16)17)4-6(10(12,13)14)5-9(7)18-2/h4-5H,3H2,1-2H3. The van der Waals surface area contributed by atoms with Crippen LogP contribution in [0.25, 0.3) is 0 Å². The Labute approximate surface area is 99.4 Å². The van der Waals surface area contributed by atoms with E-state index in [1.165, 1.54) is 6.92 Å². The van der Waals surface area contributed by atoms with Gasteiger partial charge < -0.3 is 4.74 Å². The zero-order valence-corrected chi connectivity index (χ0v) is 9.54. The molecule has 0 bridgehead atoms. The lowest BCUT2D eigenvalue weighted by Crippen LogP contribution is -2.14. The SMILES string of the molecule is CCc1c(OC)cc(C(F)(F)F)cc1C(F)(F)F. The molecule has 0 radical (unpaired) electrons. The van der Waals surface area contributed by atoms with Gasteiger partial charge in [-0.1, -0.05) is 6.92 Å². The van der Waals surface area contributed by atoms with Crippen molar-refractivity contribution in [2.75, 3.05) is 7.11 Å². The summed E-state index contributed by atoms with van der Waals surface area (Å²) in [6.45, 7) is 1.42. The van der Waals surface area contributed by atoms with Crippen molar-refractivity contribution >= 4 is 0 Å². The number of rotatable bonds is 2. The van der Waals surface area contributed by atoms with E-state index in [-0.39, 0.29) is 18.1 Å². The molecule has 0 fully saturated rings. The van der Waals surface area contributed by atoms with Crippen molar-refractivity contribution in [3.05, 3.63) is 28.8 Å². The van der Waals surface area contributed by atoms with Gasteiger partial charge in [0.05, 0.1) is 18.2 Å². The minimum absolute atomic E-state index is 0.0733. The molecule has 102 valence electrons. The lowest BCUT2D eigenvalue weighted by atomic mass is 9.99. The van der Waals surface area contributed by atoms with Gasteiger partial charge in [-0.2, -0.15) is 26.3 Å². The van der Waals surface area contributed by atoms with Crippen LogP contribution in [-0.4, -0.2) is 7.11 Å². The molecule has 0 saturated carbocycles. The van der Waals surface area contributed by atoms with Gasteiger partial charge >= 0.3 is 12.4 Å². The minimum atomic E-state index is -4.85. The zero-order valence-electron chi connectivity index (χ0n) is 9.54. The molecule has 1 rings (SSSR count). The molecule has 0 aliphatic carbocycles. The normalized spacial score (nSPS) is 12.7. The summed E-state index contributed by atoms with van der Waals surface area (Å²) in [6, 6.07) is 0.690. The van der Waals surface area contributed by atoms with Crippen LogP contribution in [0.1, 0.15) is 23.6 Å². The highest BCUT2D eigenvalue weighted by atomic mass is 19.4. The van der Waals surface area contributed by atoms with E-state index >= 15 is 0 Å². The lowest BCUT2D eigenvalue weighted by molar-refractivity contribution is -0.143. The fourth-order valence-electron chi connectivity index (χ4n) is 1.61. The zero-order chi connectivity index (χ0) is 14.1. The molecule has 0 aromatic heterocycles. The van der Waals surface area contributed by atoms with Crippen LogP contribution in [0.2, 0.25) is 0 Å². The molecular formula is C11H10F6O. The average molecular weight is 272 g/mol.